The summed E-state index contributed by atoms with van der Waals surface area (Å²) in [5, 5.41) is 3.45. The minimum absolute atomic E-state index is 0. The van der Waals surface area contributed by atoms with Gasteiger partial charge in [0.25, 0.3) is 0 Å². The van der Waals surface area contributed by atoms with Crippen molar-refractivity contribution >= 4 is 35.6 Å². The van der Waals surface area contributed by atoms with Gasteiger partial charge in [-0.3, -0.25) is 4.99 Å². The van der Waals surface area contributed by atoms with Crippen LogP contribution >= 0.6 is 24.0 Å². The molecule has 0 bridgehead atoms. The molecule has 0 amide bonds. The van der Waals surface area contributed by atoms with E-state index >= 15 is 0 Å². The molecule has 4 rings (SSSR count). The summed E-state index contributed by atoms with van der Waals surface area (Å²) in [5.74, 6) is 2.25. The third-order valence-corrected chi connectivity index (χ3v) is 5.07. The molecule has 0 unspecified atom stereocenters. The maximum absolute atomic E-state index is 4.88. The van der Waals surface area contributed by atoms with Crippen LogP contribution in [-0.4, -0.2) is 35.1 Å². The van der Waals surface area contributed by atoms with E-state index < -0.39 is 0 Å². The Morgan fingerprint density at radius 1 is 1.19 bits per heavy atom. The summed E-state index contributed by atoms with van der Waals surface area (Å²) in [6.45, 7) is 5.91. The van der Waals surface area contributed by atoms with Crippen molar-refractivity contribution in [1.82, 2.24) is 14.9 Å². The average Bonchev–Trinajstić information content (AvgIpc) is 3.24. The van der Waals surface area contributed by atoms with Crippen molar-refractivity contribution in [2.24, 2.45) is 4.99 Å². The lowest BCUT2D eigenvalue weighted by molar-refractivity contribution is 0.522. The van der Waals surface area contributed by atoms with E-state index in [1.54, 1.807) is 0 Å². The van der Waals surface area contributed by atoms with Crippen molar-refractivity contribution < 1.29 is 0 Å². The maximum atomic E-state index is 4.88. The van der Waals surface area contributed by atoms with E-state index in [9.17, 15) is 0 Å². The largest absolute Gasteiger partial charge is 0.356 e. The predicted molar refractivity (Wildman–Crippen MR) is 118 cm³/mol. The van der Waals surface area contributed by atoms with Crippen molar-refractivity contribution in [3.63, 3.8) is 0 Å². The monoisotopic (exact) mass is 465 g/mol. The van der Waals surface area contributed by atoms with Gasteiger partial charge in [0.1, 0.15) is 5.82 Å². The predicted octanol–water partition coefficient (Wildman–Crippen LogP) is 3.41. The molecule has 0 saturated carbocycles. The van der Waals surface area contributed by atoms with E-state index in [-0.39, 0.29) is 24.0 Å². The molecule has 0 fully saturated rings. The molecule has 5 nitrogen and oxygen atoms in total. The first kappa shape index (κ1) is 19.2. The maximum Gasteiger partial charge on any atom is 0.198 e. The molecule has 0 spiro atoms. The lowest BCUT2D eigenvalue weighted by Crippen LogP contribution is -2.40. The Bertz CT molecular complexity index is 744. The summed E-state index contributed by atoms with van der Waals surface area (Å²) in [7, 11) is 0. The number of guanidine groups is 1. The van der Waals surface area contributed by atoms with Crippen LogP contribution < -0.4 is 10.2 Å². The molecule has 0 atom stereocenters. The quantitative estimate of drug-likeness (QED) is 0.428. The second-order valence-corrected chi connectivity index (χ2v) is 6.81. The number of benzene rings is 1. The highest BCUT2D eigenvalue weighted by atomic mass is 127. The zero-order valence-electron chi connectivity index (χ0n) is 15.4. The smallest absolute Gasteiger partial charge is 0.198 e. The van der Waals surface area contributed by atoms with E-state index in [0.717, 1.165) is 51.4 Å². The van der Waals surface area contributed by atoms with Gasteiger partial charge < -0.3 is 14.8 Å². The number of anilines is 1. The molecule has 1 N–H and O–H groups in total. The Morgan fingerprint density at radius 2 is 2.08 bits per heavy atom. The van der Waals surface area contributed by atoms with E-state index in [4.69, 9.17) is 9.98 Å². The minimum Gasteiger partial charge on any atom is -0.356 e. The Labute approximate surface area is 172 Å². The van der Waals surface area contributed by atoms with E-state index in [1.165, 1.54) is 35.6 Å². The Balaban J connectivity index is 0.00000196. The molecule has 2 aromatic rings. The highest BCUT2D eigenvalue weighted by Gasteiger charge is 2.22. The summed E-state index contributed by atoms with van der Waals surface area (Å²) in [4.78, 5) is 12.0. The fourth-order valence-electron chi connectivity index (χ4n) is 3.82. The van der Waals surface area contributed by atoms with E-state index in [0.29, 0.717) is 0 Å². The van der Waals surface area contributed by atoms with Gasteiger partial charge in [0, 0.05) is 50.9 Å². The number of halogens is 1. The van der Waals surface area contributed by atoms with Gasteiger partial charge in [-0.2, -0.15) is 0 Å². The third-order valence-electron chi connectivity index (χ3n) is 5.07. The molecule has 26 heavy (non-hydrogen) atoms. The molecule has 2 aliphatic heterocycles. The molecule has 0 saturated heterocycles. The first-order valence-corrected chi connectivity index (χ1v) is 9.54. The van der Waals surface area contributed by atoms with Crippen LogP contribution in [0.2, 0.25) is 0 Å². The van der Waals surface area contributed by atoms with Crippen molar-refractivity contribution in [3.05, 3.63) is 47.5 Å². The fraction of sp³-hybridized carbons (Fsp3) is 0.500. The third kappa shape index (κ3) is 4.05. The number of rotatable bonds is 4. The van der Waals surface area contributed by atoms with Gasteiger partial charge in [-0.25, -0.2) is 4.98 Å². The SMILES string of the molecule is CCNC(=NCCc1cn2c(n1)CCCC2)N1CCc2ccccc21.I. The number of hydrogen-bond donors (Lipinski definition) is 1. The van der Waals surface area contributed by atoms with Crippen LogP contribution in [0, 0.1) is 0 Å². The van der Waals surface area contributed by atoms with Gasteiger partial charge in [-0.1, -0.05) is 18.2 Å². The number of fused-ring (bicyclic) bond motifs is 2. The molecule has 2 aliphatic rings. The zero-order valence-corrected chi connectivity index (χ0v) is 17.8. The second-order valence-electron chi connectivity index (χ2n) is 6.81. The van der Waals surface area contributed by atoms with Crippen LogP contribution in [0.25, 0.3) is 0 Å². The number of nitrogens with one attached hydrogen (secondary N) is 1. The summed E-state index contributed by atoms with van der Waals surface area (Å²) in [6, 6.07) is 8.64. The summed E-state index contributed by atoms with van der Waals surface area (Å²) in [6.07, 6.45) is 7.89. The molecule has 0 radical (unpaired) electrons. The number of para-hydroxylation sites is 1. The normalized spacial score (nSPS) is 16.0. The van der Waals surface area contributed by atoms with Crippen molar-refractivity contribution in [1.29, 1.82) is 0 Å². The average molecular weight is 465 g/mol. The molecule has 6 heteroatoms. The lowest BCUT2D eigenvalue weighted by Gasteiger charge is -2.22. The number of aryl methyl sites for hydroxylation is 2. The first-order valence-electron chi connectivity index (χ1n) is 9.54. The Morgan fingerprint density at radius 3 is 2.92 bits per heavy atom. The van der Waals surface area contributed by atoms with Gasteiger partial charge in [0.15, 0.2) is 5.96 Å². The van der Waals surface area contributed by atoms with Crippen LogP contribution in [-0.2, 0) is 25.8 Å². The Kier molecular flexibility index (Phi) is 6.56. The molecule has 0 aliphatic carbocycles. The highest BCUT2D eigenvalue weighted by Crippen LogP contribution is 2.27. The molecular weight excluding hydrogens is 437 g/mol. The van der Waals surface area contributed by atoms with Crippen molar-refractivity contribution in [3.8, 4) is 0 Å². The standard InChI is InChI=1S/C20H27N5.HI/c1-2-21-20(25-14-11-16-7-3-4-8-18(16)25)22-12-10-17-15-24-13-6-5-9-19(24)23-17;/h3-4,7-8,15H,2,5-6,9-14H2,1H3,(H,21,22);1H. The fourth-order valence-corrected chi connectivity index (χ4v) is 3.82. The molecule has 1 aromatic heterocycles. The summed E-state index contributed by atoms with van der Waals surface area (Å²) < 4.78 is 2.32. The van der Waals surface area contributed by atoms with Gasteiger partial charge >= 0.3 is 0 Å². The van der Waals surface area contributed by atoms with Crippen LogP contribution in [0.4, 0.5) is 5.69 Å². The summed E-state index contributed by atoms with van der Waals surface area (Å²) in [5.41, 5.74) is 3.88. The second kappa shape index (κ2) is 8.88. The van der Waals surface area contributed by atoms with Crippen LogP contribution in [0.15, 0.2) is 35.5 Å². The summed E-state index contributed by atoms with van der Waals surface area (Å²) >= 11 is 0. The molecule has 1 aromatic carbocycles. The van der Waals surface area contributed by atoms with Gasteiger partial charge in [0.05, 0.1) is 5.69 Å². The topological polar surface area (TPSA) is 45.5 Å². The Hall–Kier alpha value is -1.57. The van der Waals surface area contributed by atoms with Gasteiger partial charge in [0.2, 0.25) is 0 Å². The molecular formula is C20H28IN5. The van der Waals surface area contributed by atoms with Crippen LogP contribution in [0.5, 0.6) is 0 Å². The van der Waals surface area contributed by atoms with E-state index in [2.05, 4.69) is 52.2 Å². The highest BCUT2D eigenvalue weighted by molar-refractivity contribution is 14.0. The van der Waals surface area contributed by atoms with Crippen LogP contribution in [0.3, 0.4) is 0 Å². The lowest BCUT2D eigenvalue weighted by atomic mass is 10.2. The zero-order chi connectivity index (χ0) is 17.1. The number of nitrogens with zero attached hydrogens (tertiary/aromatic N) is 4. The van der Waals surface area contributed by atoms with Gasteiger partial charge in [-0.15, -0.1) is 24.0 Å². The number of aliphatic imine (C=N–C) groups is 1. The van der Waals surface area contributed by atoms with Crippen molar-refractivity contribution in [2.45, 2.75) is 45.6 Å². The van der Waals surface area contributed by atoms with Crippen LogP contribution in [0.1, 0.15) is 36.8 Å². The molecule has 140 valence electrons. The van der Waals surface area contributed by atoms with Gasteiger partial charge in [-0.05, 0) is 37.8 Å². The van der Waals surface area contributed by atoms with Crippen molar-refractivity contribution in [2.75, 3.05) is 24.5 Å². The number of hydrogen-bond acceptors (Lipinski definition) is 2. The number of imidazole rings is 1. The minimum atomic E-state index is 0. The number of aromatic nitrogens is 2. The first-order chi connectivity index (χ1) is 12.3. The molecule has 3 heterocycles. The van der Waals surface area contributed by atoms with E-state index in [1.807, 2.05) is 0 Å².